The van der Waals surface area contributed by atoms with E-state index in [-0.39, 0.29) is 0 Å². The fraction of sp³-hybridized carbons (Fsp3) is 0.714. The largest absolute Gasteiger partial charge is 0.469 e. The summed E-state index contributed by atoms with van der Waals surface area (Å²) < 4.78 is 5.54. The Hall–Kier alpha value is -0.760. The Morgan fingerprint density at radius 3 is 3.00 bits per heavy atom. The zero-order chi connectivity index (χ0) is 10.8. The molecule has 1 aliphatic heterocycles. The molecule has 2 nitrogen and oxygen atoms in total. The first-order valence-electron chi connectivity index (χ1n) is 6.66. The normalized spacial score (nSPS) is 31.2. The van der Waals surface area contributed by atoms with Gasteiger partial charge in [0.25, 0.3) is 0 Å². The van der Waals surface area contributed by atoms with Crippen molar-refractivity contribution in [2.45, 2.75) is 50.5 Å². The molecule has 1 aromatic rings. The highest BCUT2D eigenvalue weighted by Crippen LogP contribution is 2.45. The van der Waals surface area contributed by atoms with Crippen LogP contribution in [-0.4, -0.2) is 12.1 Å². The van der Waals surface area contributed by atoms with Crippen LogP contribution in [-0.2, 0) is 6.42 Å². The predicted octanol–water partition coefficient (Wildman–Crippen LogP) is 3.13. The van der Waals surface area contributed by atoms with Gasteiger partial charge in [0, 0.05) is 12.0 Å². The van der Waals surface area contributed by atoms with Crippen LogP contribution in [0.4, 0.5) is 0 Å². The van der Waals surface area contributed by atoms with Gasteiger partial charge in [0.1, 0.15) is 5.76 Å². The maximum atomic E-state index is 5.54. The van der Waals surface area contributed by atoms with Crippen molar-refractivity contribution in [3.05, 3.63) is 24.2 Å². The Balaban J connectivity index is 1.78. The first-order valence-corrected chi connectivity index (χ1v) is 6.66. The van der Waals surface area contributed by atoms with Crippen molar-refractivity contribution in [1.29, 1.82) is 0 Å². The smallest absolute Gasteiger partial charge is 0.105 e. The topological polar surface area (TPSA) is 25.2 Å². The van der Waals surface area contributed by atoms with E-state index in [0.717, 1.165) is 18.1 Å². The van der Waals surface area contributed by atoms with Crippen LogP contribution in [0.15, 0.2) is 22.8 Å². The molecule has 0 aromatic carbocycles. The van der Waals surface area contributed by atoms with E-state index in [2.05, 4.69) is 11.4 Å². The minimum absolute atomic E-state index is 0.356. The van der Waals surface area contributed by atoms with Crippen molar-refractivity contribution in [2.24, 2.45) is 5.92 Å². The first-order chi connectivity index (χ1) is 7.89. The molecule has 2 heteroatoms. The Labute approximate surface area is 97.4 Å². The van der Waals surface area contributed by atoms with Gasteiger partial charge in [-0.2, -0.15) is 0 Å². The molecule has 16 heavy (non-hydrogen) atoms. The molecule has 1 N–H and O–H groups in total. The van der Waals surface area contributed by atoms with Crippen molar-refractivity contribution >= 4 is 0 Å². The summed E-state index contributed by atoms with van der Waals surface area (Å²) in [5, 5.41) is 3.84. The number of hydrogen-bond acceptors (Lipinski definition) is 2. The molecule has 1 aliphatic carbocycles. The summed E-state index contributed by atoms with van der Waals surface area (Å²) in [5.74, 6) is 2.05. The van der Waals surface area contributed by atoms with Crippen molar-refractivity contribution in [1.82, 2.24) is 5.32 Å². The predicted molar refractivity (Wildman–Crippen MR) is 64.3 cm³/mol. The fourth-order valence-electron chi connectivity index (χ4n) is 3.17. The van der Waals surface area contributed by atoms with Gasteiger partial charge in [-0.1, -0.05) is 12.8 Å². The molecule has 0 radical (unpaired) electrons. The quantitative estimate of drug-likeness (QED) is 0.845. The monoisotopic (exact) mass is 219 g/mol. The highest BCUT2D eigenvalue weighted by molar-refractivity contribution is 5.10. The number of furan rings is 1. The standard InChI is InChI=1S/C14H21NO/c1-2-8-14(12-6-7-12,15-9-3-1)11-13-5-4-10-16-13/h4-5,10,12,15H,1-3,6-9,11H2. The lowest BCUT2D eigenvalue weighted by molar-refractivity contribution is 0.254. The number of nitrogens with one attached hydrogen (secondary N) is 1. The summed E-state index contributed by atoms with van der Waals surface area (Å²) in [6.45, 7) is 1.19. The maximum Gasteiger partial charge on any atom is 0.105 e. The van der Waals surface area contributed by atoms with Crippen LogP contribution >= 0.6 is 0 Å². The molecule has 1 atom stereocenters. The maximum absolute atomic E-state index is 5.54. The van der Waals surface area contributed by atoms with E-state index < -0.39 is 0 Å². The van der Waals surface area contributed by atoms with E-state index in [1.807, 2.05) is 6.07 Å². The third-order valence-electron chi connectivity index (χ3n) is 4.21. The SMILES string of the molecule is c1coc(CC2(C3CC3)CCCCCN2)c1. The molecule has 1 aromatic heterocycles. The van der Waals surface area contributed by atoms with E-state index in [1.165, 1.54) is 45.1 Å². The average molecular weight is 219 g/mol. The van der Waals surface area contributed by atoms with Gasteiger partial charge in [0.15, 0.2) is 0 Å². The second-order valence-corrected chi connectivity index (χ2v) is 5.42. The highest BCUT2D eigenvalue weighted by Gasteiger charge is 2.45. The molecule has 2 heterocycles. The Morgan fingerprint density at radius 2 is 2.25 bits per heavy atom. The van der Waals surface area contributed by atoms with Gasteiger partial charge in [-0.05, 0) is 50.3 Å². The third-order valence-corrected chi connectivity index (χ3v) is 4.21. The Bertz CT molecular complexity index is 319. The summed E-state index contributed by atoms with van der Waals surface area (Å²) in [5.41, 5.74) is 0.356. The molecular formula is C14H21NO. The van der Waals surface area contributed by atoms with Gasteiger partial charge < -0.3 is 9.73 Å². The number of hydrogen-bond donors (Lipinski definition) is 1. The van der Waals surface area contributed by atoms with Gasteiger partial charge >= 0.3 is 0 Å². The molecule has 0 amide bonds. The van der Waals surface area contributed by atoms with Gasteiger partial charge in [-0.15, -0.1) is 0 Å². The Morgan fingerprint density at radius 1 is 1.31 bits per heavy atom. The first kappa shape index (κ1) is 10.4. The molecule has 0 spiro atoms. The lowest BCUT2D eigenvalue weighted by Gasteiger charge is -2.33. The van der Waals surface area contributed by atoms with Gasteiger partial charge in [0.2, 0.25) is 0 Å². The van der Waals surface area contributed by atoms with Crippen molar-refractivity contribution in [3.8, 4) is 0 Å². The molecule has 1 saturated carbocycles. The van der Waals surface area contributed by atoms with Crippen molar-refractivity contribution in [3.63, 3.8) is 0 Å². The Kier molecular flexibility index (Phi) is 2.76. The van der Waals surface area contributed by atoms with E-state index >= 15 is 0 Å². The van der Waals surface area contributed by atoms with Crippen LogP contribution in [0, 0.1) is 5.92 Å². The minimum Gasteiger partial charge on any atom is -0.469 e. The lowest BCUT2D eigenvalue weighted by atomic mass is 9.84. The van der Waals surface area contributed by atoms with E-state index in [1.54, 1.807) is 6.26 Å². The zero-order valence-electron chi connectivity index (χ0n) is 9.87. The van der Waals surface area contributed by atoms with Crippen LogP contribution in [0.5, 0.6) is 0 Å². The average Bonchev–Trinajstić information content (AvgIpc) is 3.05. The van der Waals surface area contributed by atoms with E-state index in [9.17, 15) is 0 Å². The molecule has 2 fully saturated rings. The summed E-state index contributed by atoms with van der Waals surface area (Å²) in [4.78, 5) is 0. The van der Waals surface area contributed by atoms with Gasteiger partial charge in [-0.3, -0.25) is 0 Å². The number of rotatable bonds is 3. The van der Waals surface area contributed by atoms with Crippen LogP contribution < -0.4 is 5.32 Å². The van der Waals surface area contributed by atoms with Crippen molar-refractivity contribution in [2.75, 3.05) is 6.54 Å². The highest BCUT2D eigenvalue weighted by atomic mass is 16.3. The lowest BCUT2D eigenvalue weighted by Crippen LogP contribution is -2.48. The van der Waals surface area contributed by atoms with Gasteiger partial charge in [0.05, 0.1) is 6.26 Å². The molecule has 1 unspecified atom stereocenters. The van der Waals surface area contributed by atoms with E-state index in [4.69, 9.17) is 4.42 Å². The molecule has 2 aliphatic rings. The zero-order valence-corrected chi connectivity index (χ0v) is 9.87. The summed E-state index contributed by atoms with van der Waals surface area (Å²) in [6.07, 6.45) is 11.1. The molecule has 88 valence electrons. The van der Waals surface area contributed by atoms with E-state index in [0.29, 0.717) is 5.54 Å². The summed E-state index contributed by atoms with van der Waals surface area (Å²) in [6, 6.07) is 4.13. The van der Waals surface area contributed by atoms with Crippen LogP contribution in [0.3, 0.4) is 0 Å². The second-order valence-electron chi connectivity index (χ2n) is 5.42. The van der Waals surface area contributed by atoms with Crippen LogP contribution in [0.2, 0.25) is 0 Å². The van der Waals surface area contributed by atoms with Crippen LogP contribution in [0.25, 0.3) is 0 Å². The summed E-state index contributed by atoms with van der Waals surface area (Å²) >= 11 is 0. The molecular weight excluding hydrogens is 198 g/mol. The summed E-state index contributed by atoms with van der Waals surface area (Å²) in [7, 11) is 0. The fourth-order valence-corrected chi connectivity index (χ4v) is 3.17. The molecule has 1 saturated heterocycles. The molecule has 0 bridgehead atoms. The van der Waals surface area contributed by atoms with Crippen LogP contribution in [0.1, 0.15) is 44.3 Å². The molecule has 3 rings (SSSR count). The third kappa shape index (κ3) is 2.03. The minimum atomic E-state index is 0.356. The second kappa shape index (κ2) is 4.25. The van der Waals surface area contributed by atoms with Gasteiger partial charge in [-0.25, -0.2) is 0 Å². The van der Waals surface area contributed by atoms with Crippen molar-refractivity contribution < 1.29 is 4.42 Å².